The highest BCUT2D eigenvalue weighted by molar-refractivity contribution is 6.18. The van der Waals surface area contributed by atoms with Crippen LogP contribution in [0.5, 0.6) is 0 Å². The molecule has 1 aromatic rings. The van der Waals surface area contributed by atoms with Crippen LogP contribution in [0.1, 0.15) is 10.4 Å². The van der Waals surface area contributed by atoms with Crippen molar-refractivity contribution in [3.05, 3.63) is 37.9 Å². The van der Waals surface area contributed by atoms with Gasteiger partial charge in [0.1, 0.15) is 0 Å². The topological polar surface area (TPSA) is 127 Å². The van der Waals surface area contributed by atoms with E-state index in [0.29, 0.717) is 6.07 Å². The third-order valence-corrected chi connectivity index (χ3v) is 3.10. The molecule has 0 saturated carbocycles. The predicted molar refractivity (Wildman–Crippen MR) is 80.4 cm³/mol. The SMILES string of the molecule is O=C(O)c1cc([N+](=O)[O-])c([N+](=O)[O-])cc1N(CCCl)CCCl. The maximum Gasteiger partial charge on any atom is 0.348 e. The fraction of sp³-hybridized carbons (Fsp3) is 0.364. The molecule has 0 spiro atoms. The highest BCUT2D eigenvalue weighted by Crippen LogP contribution is 2.35. The summed E-state index contributed by atoms with van der Waals surface area (Å²) >= 11 is 11.2. The number of halogens is 2. The van der Waals surface area contributed by atoms with Crippen molar-refractivity contribution in [3.63, 3.8) is 0 Å². The van der Waals surface area contributed by atoms with E-state index in [1.807, 2.05) is 0 Å². The van der Waals surface area contributed by atoms with Crippen LogP contribution in [0.25, 0.3) is 0 Å². The fourth-order valence-corrected chi connectivity index (χ4v) is 2.26. The van der Waals surface area contributed by atoms with E-state index in [2.05, 4.69) is 0 Å². The Hall–Kier alpha value is -2.13. The summed E-state index contributed by atoms with van der Waals surface area (Å²) in [6, 6.07) is 1.53. The number of nitro groups is 2. The number of nitro benzene ring substituents is 2. The molecule has 1 rings (SSSR count). The predicted octanol–water partition coefficient (Wildman–Crippen LogP) is 2.49. The van der Waals surface area contributed by atoms with Gasteiger partial charge < -0.3 is 10.0 Å². The first-order valence-electron chi connectivity index (χ1n) is 5.90. The summed E-state index contributed by atoms with van der Waals surface area (Å²) in [6.45, 7) is 0.368. The van der Waals surface area contributed by atoms with E-state index in [1.165, 1.54) is 4.90 Å². The lowest BCUT2D eigenvalue weighted by atomic mass is 10.1. The third kappa shape index (κ3) is 3.95. The number of nitrogens with zero attached hydrogens (tertiary/aromatic N) is 3. The van der Waals surface area contributed by atoms with Crippen molar-refractivity contribution in [1.82, 2.24) is 0 Å². The van der Waals surface area contributed by atoms with E-state index >= 15 is 0 Å². The van der Waals surface area contributed by atoms with Crippen LogP contribution in [-0.2, 0) is 0 Å². The number of hydrogen-bond acceptors (Lipinski definition) is 6. The minimum Gasteiger partial charge on any atom is -0.478 e. The van der Waals surface area contributed by atoms with Gasteiger partial charge in [0.15, 0.2) is 0 Å². The van der Waals surface area contributed by atoms with Gasteiger partial charge in [0, 0.05) is 37.0 Å². The Labute approximate surface area is 134 Å². The summed E-state index contributed by atoms with van der Waals surface area (Å²) in [5.41, 5.74) is -2.14. The Kier molecular flexibility index (Phi) is 6.32. The maximum absolute atomic E-state index is 11.3. The van der Waals surface area contributed by atoms with E-state index < -0.39 is 32.8 Å². The number of rotatable bonds is 8. The quantitative estimate of drug-likeness (QED) is 0.432. The van der Waals surface area contributed by atoms with E-state index in [-0.39, 0.29) is 30.5 Å². The Balaban J connectivity index is 3.59. The molecule has 0 amide bonds. The van der Waals surface area contributed by atoms with Gasteiger partial charge in [-0.25, -0.2) is 4.79 Å². The summed E-state index contributed by atoms with van der Waals surface area (Å²) in [6.07, 6.45) is 0. The molecule has 0 aliphatic carbocycles. The number of alkyl halides is 2. The molecule has 9 nitrogen and oxygen atoms in total. The second-order valence-corrected chi connectivity index (χ2v) is 4.80. The Morgan fingerprint density at radius 1 is 1.09 bits per heavy atom. The summed E-state index contributed by atoms with van der Waals surface area (Å²) in [7, 11) is 0. The number of aromatic carboxylic acids is 1. The molecule has 0 heterocycles. The van der Waals surface area contributed by atoms with Crippen LogP contribution in [-0.4, -0.2) is 45.8 Å². The number of carbonyl (C=O) groups is 1. The molecule has 0 aromatic heterocycles. The zero-order valence-corrected chi connectivity index (χ0v) is 12.6. The van der Waals surface area contributed by atoms with Gasteiger partial charge >= 0.3 is 17.3 Å². The highest BCUT2D eigenvalue weighted by atomic mass is 35.5. The second-order valence-electron chi connectivity index (χ2n) is 4.04. The molecule has 11 heteroatoms. The van der Waals surface area contributed by atoms with Crippen LogP contribution in [0.3, 0.4) is 0 Å². The molecule has 0 fully saturated rings. The molecule has 1 N–H and O–H groups in total. The summed E-state index contributed by atoms with van der Waals surface area (Å²) in [5.74, 6) is -1.19. The number of hydrogen-bond donors (Lipinski definition) is 1. The van der Waals surface area contributed by atoms with Crippen LogP contribution in [0.4, 0.5) is 17.1 Å². The highest BCUT2D eigenvalue weighted by Gasteiger charge is 2.30. The van der Waals surface area contributed by atoms with Crippen molar-refractivity contribution < 1.29 is 19.7 Å². The van der Waals surface area contributed by atoms with Gasteiger partial charge in [-0.15, -0.1) is 23.2 Å². The minimum absolute atomic E-state index is 0.0360. The van der Waals surface area contributed by atoms with Crippen molar-refractivity contribution >= 4 is 46.2 Å². The van der Waals surface area contributed by atoms with Crippen LogP contribution >= 0.6 is 23.2 Å². The van der Waals surface area contributed by atoms with Gasteiger partial charge in [0.05, 0.1) is 21.1 Å². The minimum atomic E-state index is -1.44. The first-order valence-corrected chi connectivity index (χ1v) is 6.97. The smallest absolute Gasteiger partial charge is 0.348 e. The molecule has 0 saturated heterocycles. The molecular formula is C11H11Cl2N3O6. The standard InChI is InChI=1S/C11H11Cl2N3O6/c12-1-3-14(4-2-13)8-6-10(16(21)22)9(15(19)20)5-7(8)11(17)18/h5-6H,1-4H2,(H,17,18). The molecule has 0 radical (unpaired) electrons. The molecule has 0 bridgehead atoms. The summed E-state index contributed by atoms with van der Waals surface area (Å²) in [5, 5.41) is 31.1. The van der Waals surface area contributed by atoms with Gasteiger partial charge in [-0.3, -0.25) is 20.2 Å². The van der Waals surface area contributed by atoms with Crippen LogP contribution in [0.2, 0.25) is 0 Å². The van der Waals surface area contributed by atoms with Gasteiger partial charge in [0.2, 0.25) is 0 Å². The number of benzene rings is 1. The van der Waals surface area contributed by atoms with E-state index in [9.17, 15) is 30.1 Å². The Bertz CT molecular complexity index is 604. The number of carboxylic acid groups (broad SMARTS) is 1. The van der Waals surface area contributed by atoms with Gasteiger partial charge in [-0.2, -0.15) is 0 Å². The van der Waals surface area contributed by atoms with Gasteiger partial charge in [0.25, 0.3) is 0 Å². The van der Waals surface area contributed by atoms with E-state index in [0.717, 1.165) is 6.07 Å². The van der Waals surface area contributed by atoms with Crippen LogP contribution in [0, 0.1) is 20.2 Å². The Morgan fingerprint density at radius 3 is 1.91 bits per heavy atom. The average molecular weight is 352 g/mol. The second kappa shape index (κ2) is 7.76. The first-order chi connectivity index (χ1) is 10.3. The van der Waals surface area contributed by atoms with Crippen molar-refractivity contribution in [2.45, 2.75) is 0 Å². The lowest BCUT2D eigenvalue weighted by Crippen LogP contribution is -2.29. The molecule has 0 aliphatic rings. The zero-order chi connectivity index (χ0) is 16.9. The monoisotopic (exact) mass is 351 g/mol. The number of anilines is 1. The molecule has 0 aliphatic heterocycles. The van der Waals surface area contributed by atoms with E-state index in [4.69, 9.17) is 23.2 Å². The average Bonchev–Trinajstić information content (AvgIpc) is 2.45. The molecule has 120 valence electrons. The third-order valence-electron chi connectivity index (χ3n) is 2.77. The van der Waals surface area contributed by atoms with Crippen LogP contribution < -0.4 is 4.90 Å². The maximum atomic E-state index is 11.3. The molecule has 0 unspecified atom stereocenters. The summed E-state index contributed by atoms with van der Waals surface area (Å²) < 4.78 is 0. The Morgan fingerprint density at radius 2 is 1.55 bits per heavy atom. The van der Waals surface area contributed by atoms with Gasteiger partial charge in [-0.1, -0.05) is 0 Å². The van der Waals surface area contributed by atoms with Crippen molar-refractivity contribution in [1.29, 1.82) is 0 Å². The first kappa shape index (κ1) is 17.9. The molecule has 1 aromatic carbocycles. The molecule has 0 atom stereocenters. The largest absolute Gasteiger partial charge is 0.478 e. The zero-order valence-electron chi connectivity index (χ0n) is 11.1. The van der Waals surface area contributed by atoms with Gasteiger partial charge in [-0.05, 0) is 0 Å². The van der Waals surface area contributed by atoms with Crippen LogP contribution in [0.15, 0.2) is 12.1 Å². The molecule has 22 heavy (non-hydrogen) atoms. The fourth-order valence-electron chi connectivity index (χ4n) is 1.85. The van der Waals surface area contributed by atoms with Crippen molar-refractivity contribution in [2.24, 2.45) is 0 Å². The lowest BCUT2D eigenvalue weighted by Gasteiger charge is -2.24. The lowest BCUT2D eigenvalue weighted by molar-refractivity contribution is -0.422. The van der Waals surface area contributed by atoms with Crippen molar-refractivity contribution in [2.75, 3.05) is 29.7 Å². The number of carboxylic acids is 1. The van der Waals surface area contributed by atoms with E-state index in [1.54, 1.807) is 0 Å². The summed E-state index contributed by atoms with van der Waals surface area (Å²) in [4.78, 5) is 32.7. The molecular weight excluding hydrogens is 341 g/mol. The van der Waals surface area contributed by atoms with Crippen molar-refractivity contribution in [3.8, 4) is 0 Å². The normalized spacial score (nSPS) is 10.3.